The van der Waals surface area contributed by atoms with Crippen LogP contribution >= 0.6 is 29.2 Å². The molecule has 5 rings (SSSR count). The average Bonchev–Trinajstić information content (AvgIpc) is 3.40. The smallest absolute Gasteiger partial charge is 0.405 e. The first-order chi connectivity index (χ1) is 19.9. The fraction of sp³-hybridized carbons (Fsp3) is 0.370. The Kier molecular flexibility index (Phi) is 10.1. The van der Waals surface area contributed by atoms with Crippen molar-refractivity contribution in [2.75, 3.05) is 30.7 Å². The van der Waals surface area contributed by atoms with Gasteiger partial charge in [-0.3, -0.25) is 4.52 Å². The van der Waals surface area contributed by atoms with Crippen molar-refractivity contribution in [1.82, 2.24) is 19.5 Å². The molecular formula is C27H32N5O6PS2. The highest BCUT2D eigenvalue weighted by Gasteiger charge is 2.38. The van der Waals surface area contributed by atoms with Crippen molar-refractivity contribution in [3.05, 3.63) is 72.8 Å². The van der Waals surface area contributed by atoms with E-state index in [1.807, 2.05) is 41.8 Å². The second-order valence-corrected chi connectivity index (χ2v) is 13.8. The minimum atomic E-state index is -3.82. The predicted molar refractivity (Wildman–Crippen MR) is 161 cm³/mol. The maximum Gasteiger partial charge on any atom is 0.405 e. The fourth-order valence-corrected chi connectivity index (χ4v) is 8.35. The van der Waals surface area contributed by atoms with Crippen LogP contribution in [0.15, 0.2) is 67.3 Å². The van der Waals surface area contributed by atoms with Crippen molar-refractivity contribution in [2.24, 2.45) is 0 Å². The van der Waals surface area contributed by atoms with Crippen LogP contribution in [-0.4, -0.2) is 62.8 Å². The Morgan fingerprint density at radius 1 is 1.05 bits per heavy atom. The molecule has 4 atom stereocenters. The van der Waals surface area contributed by atoms with Crippen molar-refractivity contribution in [1.29, 1.82) is 0 Å². The molecule has 0 saturated carbocycles. The van der Waals surface area contributed by atoms with Gasteiger partial charge >= 0.3 is 7.60 Å². The van der Waals surface area contributed by atoms with Gasteiger partial charge in [0.25, 0.3) is 0 Å². The largest absolute Gasteiger partial charge is 0.497 e. The molecule has 2 aromatic heterocycles. The second kappa shape index (κ2) is 13.9. The van der Waals surface area contributed by atoms with Crippen LogP contribution < -0.4 is 15.0 Å². The number of anilines is 1. The van der Waals surface area contributed by atoms with E-state index in [2.05, 4.69) is 15.0 Å². The zero-order valence-electron chi connectivity index (χ0n) is 22.7. The number of aromatic nitrogens is 4. The summed E-state index contributed by atoms with van der Waals surface area (Å²) in [6, 6.07) is 16.8. The quantitative estimate of drug-likeness (QED) is 0.152. The molecule has 218 valence electrons. The van der Waals surface area contributed by atoms with Crippen molar-refractivity contribution in [3.63, 3.8) is 0 Å². The van der Waals surface area contributed by atoms with Crippen LogP contribution in [0.3, 0.4) is 0 Å². The number of hydrogen-bond acceptors (Lipinski definition) is 12. The number of rotatable bonds is 13. The number of nitrogen functional groups attached to an aromatic ring is 1. The Hall–Kier alpha value is -2.80. The van der Waals surface area contributed by atoms with Gasteiger partial charge in [-0.05, 0) is 24.6 Å². The molecule has 11 nitrogen and oxygen atoms in total. The average molecular weight is 618 g/mol. The molecule has 0 aliphatic carbocycles. The van der Waals surface area contributed by atoms with E-state index in [-0.39, 0.29) is 18.6 Å². The summed E-state index contributed by atoms with van der Waals surface area (Å²) < 4.78 is 46.0. The van der Waals surface area contributed by atoms with Gasteiger partial charge in [0, 0.05) is 17.6 Å². The molecule has 14 heteroatoms. The monoisotopic (exact) mass is 617 g/mol. The molecule has 1 fully saturated rings. The zero-order chi connectivity index (χ0) is 28.7. The summed E-state index contributed by atoms with van der Waals surface area (Å²) >= 11 is 0. The van der Waals surface area contributed by atoms with Crippen LogP contribution in [0.1, 0.15) is 12.5 Å². The Bertz CT molecular complexity index is 1480. The lowest BCUT2D eigenvalue weighted by molar-refractivity contribution is -0.0192. The Balaban J connectivity index is 1.30. The van der Waals surface area contributed by atoms with Gasteiger partial charge < -0.3 is 29.0 Å². The van der Waals surface area contributed by atoms with Gasteiger partial charge in [-0.15, -0.1) is 0 Å². The number of nitrogens with two attached hydrogens (primary N) is 1. The van der Waals surface area contributed by atoms with E-state index >= 15 is 0 Å². The summed E-state index contributed by atoms with van der Waals surface area (Å²) in [6.45, 7) is 2.69. The summed E-state index contributed by atoms with van der Waals surface area (Å²) in [5, 5.41) is 0. The molecule has 1 aliphatic heterocycles. The van der Waals surface area contributed by atoms with Gasteiger partial charge in [-0.2, -0.15) is 0 Å². The normalized spacial score (nSPS) is 19.5. The minimum Gasteiger partial charge on any atom is -0.497 e. The standard InChI is InChI=1S/C27H32N5O6PS2/c1-19(12-32-17-31-25-26(28)29-16-30-27(25)32)36-18-39(33,37-22-10-6-9-21(11-22)34-2)38-24-15-41-40-14-23(24)35-13-20-7-4-3-5-8-20/h3-11,16-17,19,23-24H,12-15,18H2,1-2H3,(H2,28,29,30)/t19-,23+,24+,39?/m1/s1. The van der Waals surface area contributed by atoms with E-state index in [9.17, 15) is 4.57 Å². The van der Waals surface area contributed by atoms with Gasteiger partial charge in [-0.25, -0.2) is 19.5 Å². The highest BCUT2D eigenvalue weighted by molar-refractivity contribution is 8.76. The minimum absolute atomic E-state index is 0.269. The van der Waals surface area contributed by atoms with Crippen molar-refractivity contribution in [2.45, 2.75) is 38.4 Å². The first-order valence-electron chi connectivity index (χ1n) is 13.0. The van der Waals surface area contributed by atoms with E-state index in [4.69, 9.17) is 29.0 Å². The van der Waals surface area contributed by atoms with Crippen LogP contribution in [0.4, 0.5) is 5.82 Å². The number of benzene rings is 2. The zero-order valence-corrected chi connectivity index (χ0v) is 25.2. The first kappa shape index (κ1) is 29.7. The number of fused-ring (bicyclic) bond motifs is 1. The van der Waals surface area contributed by atoms with Crippen LogP contribution in [0.2, 0.25) is 0 Å². The molecule has 4 aromatic rings. The molecule has 1 saturated heterocycles. The lowest BCUT2D eigenvalue weighted by Gasteiger charge is -2.33. The predicted octanol–water partition coefficient (Wildman–Crippen LogP) is 5.42. The molecule has 2 N–H and O–H groups in total. The molecule has 0 radical (unpaired) electrons. The molecule has 1 aliphatic rings. The molecule has 2 aromatic carbocycles. The number of imidazole rings is 1. The van der Waals surface area contributed by atoms with Gasteiger partial charge in [-0.1, -0.05) is 58.0 Å². The second-order valence-electron chi connectivity index (χ2n) is 9.36. The lowest BCUT2D eigenvalue weighted by Crippen LogP contribution is -2.38. The maximum absolute atomic E-state index is 14.3. The van der Waals surface area contributed by atoms with E-state index in [0.29, 0.717) is 53.1 Å². The Labute approximate surface area is 246 Å². The number of ether oxygens (including phenoxy) is 3. The molecule has 1 unspecified atom stereocenters. The summed E-state index contributed by atoms with van der Waals surface area (Å²) in [7, 11) is 1.09. The third kappa shape index (κ3) is 7.94. The first-order valence-corrected chi connectivity index (χ1v) is 17.2. The van der Waals surface area contributed by atoms with Crippen molar-refractivity contribution in [3.8, 4) is 11.5 Å². The van der Waals surface area contributed by atoms with Crippen LogP contribution in [-0.2, 0) is 31.7 Å². The summed E-state index contributed by atoms with van der Waals surface area (Å²) in [5.41, 5.74) is 8.08. The third-order valence-electron chi connectivity index (χ3n) is 6.25. The highest BCUT2D eigenvalue weighted by Crippen LogP contribution is 2.52. The maximum atomic E-state index is 14.3. The van der Waals surface area contributed by atoms with E-state index in [0.717, 1.165) is 5.56 Å². The van der Waals surface area contributed by atoms with E-state index < -0.39 is 13.7 Å². The van der Waals surface area contributed by atoms with Crippen molar-refractivity contribution >= 4 is 46.2 Å². The number of nitrogens with zero attached hydrogens (tertiary/aromatic N) is 4. The van der Waals surface area contributed by atoms with Crippen molar-refractivity contribution < 1.29 is 27.8 Å². The Morgan fingerprint density at radius 3 is 2.63 bits per heavy atom. The molecule has 0 amide bonds. The van der Waals surface area contributed by atoms with Crippen LogP contribution in [0, 0.1) is 0 Å². The van der Waals surface area contributed by atoms with E-state index in [1.165, 1.54) is 6.33 Å². The van der Waals surface area contributed by atoms with Gasteiger partial charge in [0.1, 0.15) is 29.4 Å². The lowest BCUT2D eigenvalue weighted by atomic mass is 10.2. The SMILES string of the molecule is COc1cccc(OP(=O)(CO[C@H](C)Cn2cnc3c(N)ncnc32)O[C@H]2CSSC[C@@H]2OCc2ccccc2)c1. The molecule has 3 heterocycles. The summed E-state index contributed by atoms with van der Waals surface area (Å²) in [4.78, 5) is 12.6. The van der Waals surface area contributed by atoms with E-state index in [1.54, 1.807) is 59.3 Å². The highest BCUT2D eigenvalue weighted by atomic mass is 33.1. The van der Waals surface area contributed by atoms with Gasteiger partial charge in [0.15, 0.2) is 17.8 Å². The molecule has 41 heavy (non-hydrogen) atoms. The Morgan fingerprint density at radius 2 is 1.83 bits per heavy atom. The topological polar surface area (TPSA) is 133 Å². The third-order valence-corrected chi connectivity index (χ3v) is 10.2. The van der Waals surface area contributed by atoms with Gasteiger partial charge in [0.2, 0.25) is 0 Å². The molecule has 0 bridgehead atoms. The molecule has 0 spiro atoms. The summed E-state index contributed by atoms with van der Waals surface area (Å²) in [5.74, 6) is 2.52. The summed E-state index contributed by atoms with van der Waals surface area (Å²) in [6.07, 6.45) is 1.64. The number of methoxy groups -OCH3 is 1. The van der Waals surface area contributed by atoms with Crippen LogP contribution in [0.25, 0.3) is 11.2 Å². The fourth-order valence-electron chi connectivity index (χ4n) is 4.16. The van der Waals surface area contributed by atoms with Crippen LogP contribution in [0.5, 0.6) is 11.5 Å². The van der Waals surface area contributed by atoms with Gasteiger partial charge in [0.05, 0.1) is 38.8 Å². The molecular weight excluding hydrogens is 585 g/mol. The number of hydrogen-bond donors (Lipinski definition) is 1.